The minimum atomic E-state index is -4.01. The van der Waals surface area contributed by atoms with Gasteiger partial charge in [-0.15, -0.1) is 0 Å². The van der Waals surface area contributed by atoms with E-state index in [9.17, 15) is 21.2 Å². The van der Waals surface area contributed by atoms with E-state index in [0.29, 0.717) is 0 Å². The van der Waals surface area contributed by atoms with Crippen LogP contribution in [0.4, 0.5) is 4.39 Å². The van der Waals surface area contributed by atoms with Gasteiger partial charge < -0.3 is 0 Å². The highest BCUT2D eigenvalue weighted by Gasteiger charge is 2.37. The molecule has 1 unspecified atom stereocenters. The molecule has 1 atom stereocenters. The summed E-state index contributed by atoms with van der Waals surface area (Å²) >= 11 is 0. The molecular formula is C11H14FNO4S2. The molecule has 1 aliphatic rings. The summed E-state index contributed by atoms with van der Waals surface area (Å²) in [6.45, 7) is 0. The van der Waals surface area contributed by atoms with E-state index in [4.69, 9.17) is 0 Å². The summed E-state index contributed by atoms with van der Waals surface area (Å²) in [4.78, 5) is -0.429. The van der Waals surface area contributed by atoms with Crippen molar-refractivity contribution in [3.8, 4) is 0 Å². The zero-order valence-corrected chi connectivity index (χ0v) is 11.9. The molecule has 0 spiro atoms. The molecule has 1 fully saturated rings. The smallest absolute Gasteiger partial charge is 0.229 e. The van der Waals surface area contributed by atoms with Crippen molar-refractivity contribution in [1.82, 2.24) is 4.31 Å². The predicted octanol–water partition coefficient (Wildman–Crippen LogP) is 0.633. The van der Waals surface area contributed by atoms with Gasteiger partial charge in [0.1, 0.15) is 10.7 Å². The molecule has 2 rings (SSSR count). The van der Waals surface area contributed by atoms with E-state index in [2.05, 4.69) is 0 Å². The summed E-state index contributed by atoms with van der Waals surface area (Å²) in [5.74, 6) is -1.08. The highest BCUT2D eigenvalue weighted by atomic mass is 32.2. The van der Waals surface area contributed by atoms with Gasteiger partial charge in [0.25, 0.3) is 0 Å². The van der Waals surface area contributed by atoms with E-state index >= 15 is 0 Å². The fourth-order valence-electron chi connectivity index (χ4n) is 2.07. The van der Waals surface area contributed by atoms with Gasteiger partial charge in [-0.3, -0.25) is 0 Å². The molecule has 0 saturated carbocycles. The van der Waals surface area contributed by atoms with Crippen LogP contribution in [0.15, 0.2) is 29.2 Å². The molecule has 1 heterocycles. The van der Waals surface area contributed by atoms with Gasteiger partial charge >= 0.3 is 0 Å². The molecule has 106 valence electrons. The average Bonchev–Trinajstić information content (AvgIpc) is 2.69. The number of rotatable bonds is 3. The van der Waals surface area contributed by atoms with Crippen LogP contribution in [0.2, 0.25) is 0 Å². The predicted molar refractivity (Wildman–Crippen MR) is 68.4 cm³/mol. The zero-order valence-electron chi connectivity index (χ0n) is 10.3. The Morgan fingerprint density at radius 2 is 1.95 bits per heavy atom. The number of halogens is 1. The van der Waals surface area contributed by atoms with Crippen LogP contribution >= 0.6 is 0 Å². The van der Waals surface area contributed by atoms with Crippen molar-refractivity contribution < 1.29 is 21.2 Å². The van der Waals surface area contributed by atoms with Gasteiger partial charge in [-0.05, 0) is 18.6 Å². The zero-order chi connectivity index (χ0) is 14.3. The molecule has 1 saturated heterocycles. The van der Waals surface area contributed by atoms with Crippen LogP contribution in [0.1, 0.15) is 6.42 Å². The second-order valence-electron chi connectivity index (χ2n) is 4.51. The molecule has 5 nitrogen and oxygen atoms in total. The standard InChI is InChI=1S/C11H14FNO4S2/c1-13(9-6-7-18(14,15)8-9)19(16,17)11-5-3-2-4-10(11)12/h2-5,9H,6-8H2,1H3. The van der Waals surface area contributed by atoms with Crippen LogP contribution in [0.25, 0.3) is 0 Å². The van der Waals surface area contributed by atoms with Gasteiger partial charge in [0.05, 0.1) is 11.5 Å². The maximum Gasteiger partial charge on any atom is 0.246 e. The summed E-state index contributed by atoms with van der Waals surface area (Å²) in [5, 5.41) is 0. The Kier molecular flexibility index (Phi) is 3.67. The maximum atomic E-state index is 13.6. The molecule has 1 aromatic carbocycles. The fourth-order valence-corrected chi connectivity index (χ4v) is 5.38. The average molecular weight is 307 g/mol. The first-order valence-electron chi connectivity index (χ1n) is 5.67. The van der Waals surface area contributed by atoms with Crippen LogP contribution in [-0.4, -0.2) is 45.7 Å². The van der Waals surface area contributed by atoms with Gasteiger partial charge in [0.15, 0.2) is 9.84 Å². The molecule has 1 aliphatic heterocycles. The molecule has 0 N–H and O–H groups in total. The first-order valence-corrected chi connectivity index (χ1v) is 8.93. The van der Waals surface area contributed by atoms with Crippen molar-refractivity contribution in [2.45, 2.75) is 17.4 Å². The van der Waals surface area contributed by atoms with Gasteiger partial charge in [-0.25, -0.2) is 21.2 Å². The topological polar surface area (TPSA) is 71.5 Å². The van der Waals surface area contributed by atoms with Gasteiger partial charge in [0.2, 0.25) is 10.0 Å². The Balaban J connectivity index is 2.34. The lowest BCUT2D eigenvalue weighted by molar-refractivity contribution is 0.391. The minimum Gasteiger partial charge on any atom is -0.229 e. The number of hydrogen-bond acceptors (Lipinski definition) is 4. The van der Waals surface area contributed by atoms with Crippen LogP contribution in [0.3, 0.4) is 0 Å². The van der Waals surface area contributed by atoms with Crippen LogP contribution in [0.5, 0.6) is 0 Å². The monoisotopic (exact) mass is 307 g/mol. The van der Waals surface area contributed by atoms with E-state index in [1.54, 1.807) is 0 Å². The van der Waals surface area contributed by atoms with Gasteiger partial charge in [0, 0.05) is 13.1 Å². The number of benzene rings is 1. The second kappa shape index (κ2) is 4.84. The molecule has 19 heavy (non-hydrogen) atoms. The molecule has 0 aromatic heterocycles. The lowest BCUT2D eigenvalue weighted by Gasteiger charge is -2.22. The van der Waals surface area contributed by atoms with E-state index in [-0.39, 0.29) is 17.9 Å². The highest BCUT2D eigenvalue weighted by molar-refractivity contribution is 7.92. The van der Waals surface area contributed by atoms with Crippen LogP contribution in [0, 0.1) is 5.82 Å². The number of hydrogen-bond donors (Lipinski definition) is 0. The quantitative estimate of drug-likeness (QED) is 0.821. The molecule has 1 aromatic rings. The van der Waals surface area contributed by atoms with Crippen molar-refractivity contribution in [3.05, 3.63) is 30.1 Å². The van der Waals surface area contributed by atoms with Crippen LogP contribution in [-0.2, 0) is 19.9 Å². The molecule has 0 bridgehead atoms. The Hall–Kier alpha value is -0.990. The molecule has 0 radical (unpaired) electrons. The second-order valence-corrected chi connectivity index (χ2v) is 8.70. The number of sulfonamides is 1. The first kappa shape index (κ1) is 14.4. The minimum absolute atomic E-state index is 0.0329. The third-order valence-corrected chi connectivity index (χ3v) is 6.91. The molecular weight excluding hydrogens is 293 g/mol. The van der Waals surface area contributed by atoms with E-state index in [1.165, 1.54) is 25.2 Å². The molecule has 8 heteroatoms. The summed E-state index contributed by atoms with van der Waals surface area (Å²) < 4.78 is 61.8. The normalized spacial score (nSPS) is 22.8. The van der Waals surface area contributed by atoms with E-state index < -0.39 is 36.6 Å². The molecule has 0 aliphatic carbocycles. The van der Waals surface area contributed by atoms with Crippen LogP contribution < -0.4 is 0 Å². The van der Waals surface area contributed by atoms with E-state index in [1.807, 2.05) is 0 Å². The largest absolute Gasteiger partial charge is 0.246 e. The van der Waals surface area contributed by atoms with Crippen molar-refractivity contribution in [2.24, 2.45) is 0 Å². The fraction of sp³-hybridized carbons (Fsp3) is 0.455. The maximum absolute atomic E-state index is 13.6. The Labute approximate surface area is 112 Å². The summed E-state index contributed by atoms with van der Waals surface area (Å²) in [6.07, 6.45) is 0.243. The van der Waals surface area contributed by atoms with Gasteiger partial charge in [-0.1, -0.05) is 12.1 Å². The number of sulfone groups is 1. The summed E-state index contributed by atoms with van der Waals surface area (Å²) in [5.41, 5.74) is 0. The van der Waals surface area contributed by atoms with E-state index in [0.717, 1.165) is 10.4 Å². The summed E-state index contributed by atoms with van der Waals surface area (Å²) in [6, 6.07) is 4.43. The summed E-state index contributed by atoms with van der Waals surface area (Å²) in [7, 11) is -5.92. The SMILES string of the molecule is CN(C1CCS(=O)(=O)C1)S(=O)(=O)c1ccccc1F. The van der Waals surface area contributed by atoms with Crippen molar-refractivity contribution in [3.63, 3.8) is 0 Å². The Morgan fingerprint density at radius 3 is 2.47 bits per heavy atom. The Morgan fingerprint density at radius 1 is 1.32 bits per heavy atom. The van der Waals surface area contributed by atoms with Crippen molar-refractivity contribution in [1.29, 1.82) is 0 Å². The molecule has 0 amide bonds. The third-order valence-electron chi connectivity index (χ3n) is 3.22. The number of nitrogens with zero attached hydrogens (tertiary/aromatic N) is 1. The van der Waals surface area contributed by atoms with Crippen molar-refractivity contribution in [2.75, 3.05) is 18.6 Å². The highest BCUT2D eigenvalue weighted by Crippen LogP contribution is 2.24. The van der Waals surface area contributed by atoms with Crippen molar-refractivity contribution >= 4 is 19.9 Å². The first-order chi connectivity index (χ1) is 8.74. The lowest BCUT2D eigenvalue weighted by atomic mass is 10.3. The van der Waals surface area contributed by atoms with Gasteiger partial charge in [-0.2, -0.15) is 4.31 Å². The lowest BCUT2D eigenvalue weighted by Crippen LogP contribution is -2.38. The Bertz CT molecular complexity index is 684. The third kappa shape index (κ3) is 2.80.